The number of hydrogen-bond donors (Lipinski definition) is 0. The molecule has 1 atom stereocenters. The van der Waals surface area contributed by atoms with Crippen molar-refractivity contribution in [1.29, 1.82) is 0 Å². The molecule has 1 saturated heterocycles. The highest BCUT2D eigenvalue weighted by molar-refractivity contribution is 9.10. The fourth-order valence-electron chi connectivity index (χ4n) is 2.23. The molecule has 4 heteroatoms. The first kappa shape index (κ1) is 12.6. The molecule has 0 aliphatic carbocycles. The fourth-order valence-corrected chi connectivity index (χ4v) is 2.65. The van der Waals surface area contributed by atoms with Gasteiger partial charge in [-0.15, -0.1) is 0 Å². The highest BCUT2D eigenvalue weighted by Gasteiger charge is 2.29. The Balaban J connectivity index is 2.10. The third-order valence-electron chi connectivity index (χ3n) is 3.44. The van der Waals surface area contributed by atoms with Gasteiger partial charge in [0.05, 0.1) is 5.56 Å². The lowest BCUT2D eigenvalue weighted by Gasteiger charge is -2.18. The maximum absolute atomic E-state index is 12.3. The number of rotatable bonds is 2. The van der Waals surface area contributed by atoms with Crippen molar-refractivity contribution in [2.24, 2.45) is 11.8 Å². The monoisotopic (exact) mass is 296 g/mol. The summed E-state index contributed by atoms with van der Waals surface area (Å²) in [6.07, 6.45) is 2.79. The molecular weight excluding hydrogens is 280 g/mol. The summed E-state index contributed by atoms with van der Waals surface area (Å²) < 4.78 is 0.637. The van der Waals surface area contributed by atoms with Gasteiger partial charge in [0.2, 0.25) is 0 Å². The Morgan fingerprint density at radius 1 is 1.59 bits per heavy atom. The van der Waals surface area contributed by atoms with Gasteiger partial charge in [0.1, 0.15) is 4.60 Å². The van der Waals surface area contributed by atoms with Gasteiger partial charge in [0.15, 0.2) is 0 Å². The summed E-state index contributed by atoms with van der Waals surface area (Å²) >= 11 is 3.33. The number of pyridine rings is 1. The van der Waals surface area contributed by atoms with E-state index in [4.69, 9.17) is 0 Å². The molecule has 0 bridgehead atoms. The number of hydrogen-bond acceptors (Lipinski definition) is 2. The van der Waals surface area contributed by atoms with Crippen LogP contribution in [-0.4, -0.2) is 28.9 Å². The van der Waals surface area contributed by atoms with Gasteiger partial charge in [-0.1, -0.05) is 13.8 Å². The van der Waals surface area contributed by atoms with Gasteiger partial charge in [-0.25, -0.2) is 4.98 Å². The van der Waals surface area contributed by atoms with E-state index in [2.05, 4.69) is 34.8 Å². The van der Waals surface area contributed by atoms with E-state index in [-0.39, 0.29) is 5.91 Å². The van der Waals surface area contributed by atoms with E-state index in [0.717, 1.165) is 19.5 Å². The van der Waals surface area contributed by atoms with Crippen molar-refractivity contribution in [2.75, 3.05) is 13.1 Å². The van der Waals surface area contributed by atoms with Crippen molar-refractivity contribution in [3.05, 3.63) is 28.5 Å². The number of carbonyl (C=O) groups excluding carboxylic acids is 1. The van der Waals surface area contributed by atoms with Crippen LogP contribution in [0.3, 0.4) is 0 Å². The second kappa shape index (κ2) is 5.17. The molecular formula is C13H17BrN2O. The second-order valence-electron chi connectivity index (χ2n) is 4.89. The molecule has 92 valence electrons. The maximum Gasteiger partial charge on any atom is 0.256 e. The van der Waals surface area contributed by atoms with Crippen molar-refractivity contribution in [2.45, 2.75) is 20.3 Å². The molecule has 0 N–H and O–H groups in total. The summed E-state index contributed by atoms with van der Waals surface area (Å²) in [6.45, 7) is 6.18. The van der Waals surface area contributed by atoms with E-state index in [1.807, 2.05) is 11.0 Å². The highest BCUT2D eigenvalue weighted by Crippen LogP contribution is 2.26. The lowest BCUT2D eigenvalue weighted by atomic mass is 9.95. The van der Waals surface area contributed by atoms with Gasteiger partial charge in [-0.05, 0) is 46.3 Å². The minimum atomic E-state index is 0.0909. The van der Waals surface area contributed by atoms with Gasteiger partial charge < -0.3 is 4.90 Å². The molecule has 1 amide bonds. The van der Waals surface area contributed by atoms with Crippen molar-refractivity contribution in [3.8, 4) is 0 Å². The van der Waals surface area contributed by atoms with Gasteiger partial charge in [0.25, 0.3) is 5.91 Å². The van der Waals surface area contributed by atoms with Gasteiger partial charge >= 0.3 is 0 Å². The predicted molar refractivity (Wildman–Crippen MR) is 70.8 cm³/mol. The molecule has 1 aromatic heterocycles. The molecule has 0 radical (unpaired) electrons. The van der Waals surface area contributed by atoms with Crippen molar-refractivity contribution < 1.29 is 4.79 Å². The molecule has 3 nitrogen and oxygen atoms in total. The van der Waals surface area contributed by atoms with Crippen LogP contribution in [0.2, 0.25) is 0 Å². The van der Waals surface area contributed by atoms with E-state index in [1.165, 1.54) is 0 Å². The topological polar surface area (TPSA) is 33.2 Å². The Morgan fingerprint density at radius 3 is 2.94 bits per heavy atom. The average Bonchev–Trinajstić information content (AvgIpc) is 2.78. The van der Waals surface area contributed by atoms with Crippen LogP contribution in [0.15, 0.2) is 22.9 Å². The molecule has 1 aromatic rings. The smallest absolute Gasteiger partial charge is 0.256 e. The molecule has 0 spiro atoms. The molecule has 1 aliphatic rings. The fraction of sp³-hybridized carbons (Fsp3) is 0.538. The molecule has 1 fully saturated rings. The zero-order valence-corrected chi connectivity index (χ0v) is 11.8. The van der Waals surface area contributed by atoms with E-state index < -0.39 is 0 Å². The summed E-state index contributed by atoms with van der Waals surface area (Å²) in [5, 5.41) is 0. The highest BCUT2D eigenvalue weighted by atomic mass is 79.9. The van der Waals surface area contributed by atoms with Crippen LogP contribution in [0.4, 0.5) is 0 Å². The summed E-state index contributed by atoms with van der Waals surface area (Å²) in [5.41, 5.74) is 0.664. The standard InChI is InChI=1S/C13H17BrN2O/c1-9(2)10-5-7-16(8-10)13(17)11-4-3-6-15-12(11)14/h3-4,6,9-10H,5,7-8H2,1-2H3. The third-order valence-corrected chi connectivity index (χ3v) is 4.08. The largest absolute Gasteiger partial charge is 0.338 e. The predicted octanol–water partition coefficient (Wildman–Crippen LogP) is 2.96. The quantitative estimate of drug-likeness (QED) is 0.786. The zero-order valence-electron chi connectivity index (χ0n) is 10.2. The van der Waals surface area contributed by atoms with E-state index in [0.29, 0.717) is 22.0 Å². The van der Waals surface area contributed by atoms with Gasteiger partial charge in [-0.3, -0.25) is 4.79 Å². The molecule has 1 unspecified atom stereocenters. The van der Waals surface area contributed by atoms with Crippen LogP contribution in [-0.2, 0) is 0 Å². The molecule has 2 heterocycles. The minimum absolute atomic E-state index is 0.0909. The minimum Gasteiger partial charge on any atom is -0.338 e. The number of likely N-dealkylation sites (tertiary alicyclic amines) is 1. The van der Waals surface area contributed by atoms with E-state index in [9.17, 15) is 4.79 Å². The Morgan fingerprint density at radius 2 is 2.35 bits per heavy atom. The first-order valence-corrected chi connectivity index (χ1v) is 6.78. The van der Waals surface area contributed by atoms with Crippen molar-refractivity contribution >= 4 is 21.8 Å². The number of amides is 1. The van der Waals surface area contributed by atoms with Gasteiger partial charge in [0, 0.05) is 19.3 Å². The van der Waals surface area contributed by atoms with Crippen LogP contribution in [0.5, 0.6) is 0 Å². The normalized spacial score (nSPS) is 20.0. The average molecular weight is 297 g/mol. The van der Waals surface area contributed by atoms with Crippen LogP contribution in [0.25, 0.3) is 0 Å². The number of nitrogens with zero attached hydrogens (tertiary/aromatic N) is 2. The number of halogens is 1. The first-order chi connectivity index (χ1) is 8.09. The number of carbonyl (C=O) groups is 1. The van der Waals surface area contributed by atoms with Gasteiger partial charge in [-0.2, -0.15) is 0 Å². The summed E-state index contributed by atoms with van der Waals surface area (Å²) in [4.78, 5) is 18.3. The number of aromatic nitrogens is 1. The summed E-state index contributed by atoms with van der Waals surface area (Å²) in [6, 6.07) is 3.62. The van der Waals surface area contributed by atoms with Crippen LogP contribution in [0, 0.1) is 11.8 Å². The van der Waals surface area contributed by atoms with Crippen LogP contribution >= 0.6 is 15.9 Å². The summed E-state index contributed by atoms with van der Waals surface area (Å²) in [7, 11) is 0. The zero-order chi connectivity index (χ0) is 12.4. The first-order valence-electron chi connectivity index (χ1n) is 5.99. The SMILES string of the molecule is CC(C)C1CCN(C(=O)c2cccnc2Br)C1. The lowest BCUT2D eigenvalue weighted by molar-refractivity contribution is 0.0782. The Kier molecular flexibility index (Phi) is 3.82. The molecule has 2 rings (SSSR count). The third kappa shape index (κ3) is 2.68. The molecule has 1 aliphatic heterocycles. The van der Waals surface area contributed by atoms with E-state index >= 15 is 0 Å². The Bertz CT molecular complexity index is 420. The maximum atomic E-state index is 12.3. The second-order valence-corrected chi connectivity index (χ2v) is 5.64. The Labute approximate surface area is 110 Å². The molecule has 17 heavy (non-hydrogen) atoms. The Hall–Kier alpha value is -0.900. The van der Waals surface area contributed by atoms with Crippen LogP contribution < -0.4 is 0 Å². The molecule has 0 aromatic carbocycles. The molecule has 0 saturated carbocycles. The van der Waals surface area contributed by atoms with E-state index in [1.54, 1.807) is 12.3 Å². The van der Waals surface area contributed by atoms with Crippen molar-refractivity contribution in [1.82, 2.24) is 9.88 Å². The summed E-state index contributed by atoms with van der Waals surface area (Å²) in [5.74, 6) is 1.37. The van der Waals surface area contributed by atoms with Crippen molar-refractivity contribution in [3.63, 3.8) is 0 Å². The lowest BCUT2D eigenvalue weighted by Crippen LogP contribution is -2.29. The van der Waals surface area contributed by atoms with Crippen LogP contribution in [0.1, 0.15) is 30.6 Å².